The number of hydrogen-bond donors (Lipinski definition) is 1. The zero-order chi connectivity index (χ0) is 17.4. The maximum Gasteiger partial charge on any atom is 0.272 e. The van der Waals surface area contributed by atoms with Gasteiger partial charge in [-0.3, -0.25) is 4.79 Å². The molecule has 1 aromatic heterocycles. The van der Waals surface area contributed by atoms with Crippen molar-refractivity contribution in [2.75, 3.05) is 18.4 Å². The fourth-order valence-electron chi connectivity index (χ4n) is 2.38. The molecule has 5 nitrogen and oxygen atoms in total. The molecular formula is C18H23ClN4O. The number of nitrogens with one attached hydrogen (secondary N) is 1. The minimum Gasteiger partial charge on any atom is -0.366 e. The number of carbonyl (C=O) groups is 1. The predicted molar refractivity (Wildman–Crippen MR) is 97.3 cm³/mol. The molecule has 0 aliphatic heterocycles. The normalized spacial score (nSPS) is 10.5. The topological polar surface area (TPSA) is 58.1 Å². The van der Waals surface area contributed by atoms with Gasteiger partial charge in [0.15, 0.2) is 0 Å². The lowest BCUT2D eigenvalue weighted by Gasteiger charge is -2.21. The number of hydrogen-bond acceptors (Lipinski definition) is 4. The Morgan fingerprint density at radius 3 is 2.42 bits per heavy atom. The highest BCUT2D eigenvalue weighted by atomic mass is 35.5. The summed E-state index contributed by atoms with van der Waals surface area (Å²) in [6.07, 6.45) is 3.28. The van der Waals surface area contributed by atoms with Gasteiger partial charge in [-0.05, 0) is 30.5 Å². The minimum absolute atomic E-state index is 0.0457. The monoisotopic (exact) mass is 346 g/mol. The molecule has 24 heavy (non-hydrogen) atoms. The second-order valence-corrected chi connectivity index (χ2v) is 6.00. The highest BCUT2D eigenvalue weighted by molar-refractivity contribution is 6.30. The molecule has 0 saturated carbocycles. The van der Waals surface area contributed by atoms with Crippen molar-refractivity contribution in [1.82, 2.24) is 14.9 Å². The van der Waals surface area contributed by atoms with Crippen molar-refractivity contribution < 1.29 is 4.79 Å². The Bertz CT molecular complexity index is 654. The molecule has 0 atom stereocenters. The largest absolute Gasteiger partial charge is 0.366 e. The molecule has 128 valence electrons. The Balaban J connectivity index is 2.04. The molecule has 0 aliphatic carbocycles. The number of nitrogens with zero attached hydrogens (tertiary/aromatic N) is 3. The molecule has 1 heterocycles. The van der Waals surface area contributed by atoms with Crippen molar-refractivity contribution in [2.45, 2.75) is 33.2 Å². The molecule has 2 rings (SSSR count). The van der Waals surface area contributed by atoms with Crippen molar-refractivity contribution in [3.05, 3.63) is 52.9 Å². The molecular weight excluding hydrogens is 324 g/mol. The van der Waals surface area contributed by atoms with Crippen molar-refractivity contribution in [3.63, 3.8) is 0 Å². The molecule has 1 aromatic carbocycles. The van der Waals surface area contributed by atoms with Gasteiger partial charge in [0.1, 0.15) is 17.8 Å². The van der Waals surface area contributed by atoms with Crippen molar-refractivity contribution >= 4 is 23.3 Å². The van der Waals surface area contributed by atoms with Gasteiger partial charge in [-0.1, -0.05) is 37.6 Å². The van der Waals surface area contributed by atoms with Crippen LogP contribution < -0.4 is 5.32 Å². The number of aromatic nitrogens is 2. The van der Waals surface area contributed by atoms with Crippen LogP contribution in [0.3, 0.4) is 0 Å². The Kier molecular flexibility index (Phi) is 7.00. The molecule has 1 amide bonds. The standard InChI is InChI=1S/C18H23ClN4O/c1-3-9-23(10-4-2)18(24)16-11-17(22-13-21-16)20-12-14-5-7-15(19)8-6-14/h5-8,11,13H,3-4,9-10,12H2,1-2H3,(H,20,21,22). The first-order valence-corrected chi connectivity index (χ1v) is 8.61. The van der Waals surface area contributed by atoms with E-state index in [1.54, 1.807) is 6.07 Å². The minimum atomic E-state index is -0.0457. The van der Waals surface area contributed by atoms with Crippen LogP contribution in [0.15, 0.2) is 36.7 Å². The predicted octanol–water partition coefficient (Wildman–Crippen LogP) is 4.00. The summed E-state index contributed by atoms with van der Waals surface area (Å²) in [5, 5.41) is 3.92. The summed E-state index contributed by atoms with van der Waals surface area (Å²) in [5.41, 5.74) is 1.51. The number of anilines is 1. The second-order valence-electron chi connectivity index (χ2n) is 5.56. The summed E-state index contributed by atoms with van der Waals surface area (Å²) < 4.78 is 0. The number of benzene rings is 1. The average Bonchev–Trinajstić information content (AvgIpc) is 2.61. The number of amides is 1. The molecule has 0 saturated heterocycles. The summed E-state index contributed by atoms with van der Waals surface area (Å²) in [6, 6.07) is 9.30. The van der Waals surface area contributed by atoms with Crippen LogP contribution in [0.1, 0.15) is 42.7 Å². The van der Waals surface area contributed by atoms with E-state index < -0.39 is 0 Å². The van der Waals surface area contributed by atoms with E-state index in [2.05, 4.69) is 29.1 Å². The zero-order valence-electron chi connectivity index (χ0n) is 14.1. The molecule has 0 aliphatic rings. The second kappa shape index (κ2) is 9.23. The van der Waals surface area contributed by atoms with E-state index in [1.807, 2.05) is 29.2 Å². The Morgan fingerprint density at radius 2 is 1.79 bits per heavy atom. The lowest BCUT2D eigenvalue weighted by atomic mass is 10.2. The van der Waals surface area contributed by atoms with Crippen LogP contribution in [0.5, 0.6) is 0 Å². The zero-order valence-corrected chi connectivity index (χ0v) is 14.9. The lowest BCUT2D eigenvalue weighted by molar-refractivity contribution is 0.0749. The lowest BCUT2D eigenvalue weighted by Crippen LogP contribution is -2.33. The van der Waals surface area contributed by atoms with Crippen molar-refractivity contribution in [1.29, 1.82) is 0 Å². The van der Waals surface area contributed by atoms with Crippen LogP contribution in [-0.4, -0.2) is 33.9 Å². The smallest absolute Gasteiger partial charge is 0.272 e. The van der Waals surface area contributed by atoms with E-state index >= 15 is 0 Å². The van der Waals surface area contributed by atoms with Crippen LogP contribution in [0, 0.1) is 0 Å². The molecule has 0 radical (unpaired) electrons. The SMILES string of the molecule is CCCN(CCC)C(=O)c1cc(NCc2ccc(Cl)cc2)ncn1. The molecule has 0 bridgehead atoms. The van der Waals surface area contributed by atoms with Gasteiger partial charge >= 0.3 is 0 Å². The number of carbonyl (C=O) groups excluding carboxylic acids is 1. The Morgan fingerprint density at radius 1 is 1.12 bits per heavy atom. The summed E-state index contributed by atoms with van der Waals surface area (Å²) in [4.78, 5) is 22.7. The molecule has 2 aromatic rings. The van der Waals surface area contributed by atoms with Gasteiger partial charge in [0.25, 0.3) is 5.91 Å². The van der Waals surface area contributed by atoms with E-state index in [-0.39, 0.29) is 5.91 Å². The summed E-state index contributed by atoms with van der Waals surface area (Å²) in [6.45, 7) is 6.22. The summed E-state index contributed by atoms with van der Waals surface area (Å²) >= 11 is 5.88. The molecule has 0 spiro atoms. The first-order chi connectivity index (χ1) is 11.6. The average molecular weight is 347 g/mol. The molecule has 6 heteroatoms. The van der Waals surface area contributed by atoms with Gasteiger partial charge in [-0.15, -0.1) is 0 Å². The quantitative estimate of drug-likeness (QED) is 0.784. The number of halogens is 1. The highest BCUT2D eigenvalue weighted by Gasteiger charge is 2.16. The van der Waals surface area contributed by atoms with Crippen molar-refractivity contribution in [2.24, 2.45) is 0 Å². The third-order valence-electron chi connectivity index (χ3n) is 3.55. The maximum atomic E-state index is 12.6. The highest BCUT2D eigenvalue weighted by Crippen LogP contribution is 2.12. The van der Waals surface area contributed by atoms with Crippen LogP contribution in [-0.2, 0) is 6.54 Å². The third-order valence-corrected chi connectivity index (χ3v) is 3.80. The fraction of sp³-hybridized carbons (Fsp3) is 0.389. The van der Waals surface area contributed by atoms with Crippen LogP contribution in [0.4, 0.5) is 5.82 Å². The van der Waals surface area contributed by atoms with Crippen molar-refractivity contribution in [3.8, 4) is 0 Å². The Hall–Kier alpha value is -2.14. The summed E-state index contributed by atoms with van der Waals surface area (Å²) in [7, 11) is 0. The van der Waals surface area contributed by atoms with Gasteiger partial charge in [0.2, 0.25) is 0 Å². The van der Waals surface area contributed by atoms with E-state index in [1.165, 1.54) is 6.33 Å². The number of rotatable bonds is 8. The summed E-state index contributed by atoms with van der Waals surface area (Å²) in [5.74, 6) is 0.590. The third kappa shape index (κ3) is 5.20. The first-order valence-electron chi connectivity index (χ1n) is 8.23. The molecule has 0 fully saturated rings. The van der Waals surface area contributed by atoms with E-state index in [4.69, 9.17) is 11.6 Å². The van der Waals surface area contributed by atoms with E-state index in [0.717, 1.165) is 31.5 Å². The van der Waals surface area contributed by atoms with Crippen LogP contribution >= 0.6 is 11.6 Å². The van der Waals surface area contributed by atoms with Gasteiger partial charge in [0, 0.05) is 30.7 Å². The van der Waals surface area contributed by atoms with Crippen LogP contribution in [0.25, 0.3) is 0 Å². The fourth-order valence-corrected chi connectivity index (χ4v) is 2.51. The Labute approximate surface area is 148 Å². The maximum absolute atomic E-state index is 12.6. The van der Waals surface area contributed by atoms with E-state index in [0.29, 0.717) is 23.1 Å². The van der Waals surface area contributed by atoms with Crippen LogP contribution in [0.2, 0.25) is 5.02 Å². The van der Waals surface area contributed by atoms with E-state index in [9.17, 15) is 4.79 Å². The van der Waals surface area contributed by atoms with Gasteiger partial charge in [-0.2, -0.15) is 0 Å². The van der Waals surface area contributed by atoms with Gasteiger partial charge in [-0.25, -0.2) is 9.97 Å². The van der Waals surface area contributed by atoms with Gasteiger partial charge in [0.05, 0.1) is 0 Å². The first kappa shape index (κ1) is 18.2. The molecule has 0 unspecified atom stereocenters. The molecule has 1 N–H and O–H groups in total. The van der Waals surface area contributed by atoms with Gasteiger partial charge < -0.3 is 10.2 Å².